The number of carbonyl (C=O) groups is 2. The Balaban J connectivity index is 2.24. The lowest BCUT2D eigenvalue weighted by atomic mass is 10.1. The van der Waals surface area contributed by atoms with Crippen LogP contribution in [0.5, 0.6) is 0 Å². The Bertz CT molecular complexity index is 757. The average Bonchev–Trinajstić information content (AvgIpc) is 2.51. The molecule has 0 aliphatic rings. The van der Waals surface area contributed by atoms with Gasteiger partial charge in [0.05, 0.1) is 22.2 Å². The third kappa shape index (κ3) is 4.88. The van der Waals surface area contributed by atoms with Crippen LogP contribution in [0.1, 0.15) is 11.1 Å². The van der Waals surface area contributed by atoms with Crippen molar-refractivity contribution >= 4 is 46.5 Å². The van der Waals surface area contributed by atoms with Crippen LogP contribution in [0.3, 0.4) is 0 Å². The summed E-state index contributed by atoms with van der Waals surface area (Å²) in [7, 11) is 0. The fourth-order valence-electron chi connectivity index (χ4n) is 2.09. The molecule has 7 heteroatoms. The van der Waals surface area contributed by atoms with E-state index in [0.717, 1.165) is 5.56 Å². The predicted octanol–water partition coefficient (Wildman–Crippen LogP) is 4.22. The summed E-state index contributed by atoms with van der Waals surface area (Å²) in [5.74, 6) is -1.83. The number of nitrogens with one attached hydrogen (secondary N) is 1. The SMILES string of the molecule is Cc1ccc(Nc2c(Cl)cccc2Cl)c(CC(=O)OCC(=O)O)c1. The lowest BCUT2D eigenvalue weighted by Gasteiger charge is -2.15. The Morgan fingerprint density at radius 3 is 2.46 bits per heavy atom. The summed E-state index contributed by atoms with van der Waals surface area (Å²) >= 11 is 12.3. The summed E-state index contributed by atoms with van der Waals surface area (Å²) in [6.45, 7) is 1.22. The van der Waals surface area contributed by atoms with Crippen LogP contribution in [0.4, 0.5) is 11.4 Å². The molecule has 5 nitrogen and oxygen atoms in total. The van der Waals surface area contributed by atoms with Gasteiger partial charge in [0.25, 0.3) is 0 Å². The highest BCUT2D eigenvalue weighted by Crippen LogP contribution is 2.34. The Morgan fingerprint density at radius 1 is 1.17 bits per heavy atom. The number of benzene rings is 2. The van der Waals surface area contributed by atoms with Gasteiger partial charge in [-0.2, -0.15) is 0 Å². The number of hydrogen-bond donors (Lipinski definition) is 2. The van der Waals surface area contributed by atoms with E-state index in [1.807, 2.05) is 19.1 Å². The van der Waals surface area contributed by atoms with E-state index in [1.54, 1.807) is 24.3 Å². The molecular weight excluding hydrogens is 353 g/mol. The molecule has 0 unspecified atom stereocenters. The first kappa shape index (κ1) is 18.1. The van der Waals surface area contributed by atoms with Gasteiger partial charge in [-0.15, -0.1) is 0 Å². The summed E-state index contributed by atoms with van der Waals surface area (Å²) < 4.78 is 4.68. The topological polar surface area (TPSA) is 75.6 Å². The molecule has 0 aliphatic carbocycles. The van der Waals surface area contributed by atoms with E-state index in [1.165, 1.54) is 0 Å². The molecule has 2 aromatic carbocycles. The summed E-state index contributed by atoms with van der Waals surface area (Å²) in [5.41, 5.74) is 2.78. The van der Waals surface area contributed by atoms with Crippen molar-refractivity contribution in [3.05, 3.63) is 57.6 Å². The van der Waals surface area contributed by atoms with E-state index in [-0.39, 0.29) is 6.42 Å². The van der Waals surface area contributed by atoms with Crippen molar-refractivity contribution < 1.29 is 19.4 Å². The molecule has 0 saturated carbocycles. The predicted molar refractivity (Wildman–Crippen MR) is 93.2 cm³/mol. The van der Waals surface area contributed by atoms with Gasteiger partial charge in [0.1, 0.15) is 0 Å². The average molecular weight is 368 g/mol. The van der Waals surface area contributed by atoms with Crippen LogP contribution in [-0.4, -0.2) is 23.7 Å². The normalized spacial score (nSPS) is 10.3. The molecule has 0 atom stereocenters. The van der Waals surface area contributed by atoms with Crippen molar-refractivity contribution in [1.82, 2.24) is 0 Å². The lowest BCUT2D eigenvalue weighted by molar-refractivity contribution is -0.154. The monoisotopic (exact) mass is 367 g/mol. The van der Waals surface area contributed by atoms with Crippen LogP contribution < -0.4 is 5.32 Å². The quantitative estimate of drug-likeness (QED) is 0.747. The highest BCUT2D eigenvalue weighted by atomic mass is 35.5. The van der Waals surface area contributed by atoms with Crippen molar-refractivity contribution in [3.63, 3.8) is 0 Å². The minimum atomic E-state index is -1.20. The number of ether oxygens (including phenoxy) is 1. The number of aliphatic carboxylic acids is 1. The van der Waals surface area contributed by atoms with Crippen LogP contribution in [0.2, 0.25) is 10.0 Å². The van der Waals surface area contributed by atoms with Crippen LogP contribution in [0, 0.1) is 6.92 Å². The van der Waals surface area contributed by atoms with Gasteiger partial charge < -0.3 is 15.2 Å². The molecule has 2 rings (SSSR count). The second-order valence-electron chi connectivity index (χ2n) is 5.11. The van der Waals surface area contributed by atoms with E-state index in [9.17, 15) is 9.59 Å². The second kappa shape index (κ2) is 8.04. The van der Waals surface area contributed by atoms with E-state index < -0.39 is 18.5 Å². The fourth-order valence-corrected chi connectivity index (χ4v) is 2.58. The van der Waals surface area contributed by atoms with E-state index in [2.05, 4.69) is 10.1 Å². The molecule has 0 spiro atoms. The molecule has 2 N–H and O–H groups in total. The van der Waals surface area contributed by atoms with Crippen LogP contribution in [-0.2, 0) is 20.7 Å². The standard InChI is InChI=1S/C17H15Cl2NO4/c1-10-5-6-14(20-17-12(18)3-2-4-13(17)19)11(7-10)8-16(23)24-9-15(21)22/h2-7,20H,8-9H2,1H3,(H,21,22). The highest BCUT2D eigenvalue weighted by molar-refractivity contribution is 6.39. The molecule has 0 bridgehead atoms. The number of halogens is 2. The van der Waals surface area contributed by atoms with Gasteiger partial charge >= 0.3 is 11.9 Å². The van der Waals surface area contributed by atoms with Gasteiger partial charge in [0.2, 0.25) is 0 Å². The molecule has 0 aliphatic heterocycles. The molecule has 0 radical (unpaired) electrons. The summed E-state index contributed by atoms with van der Waals surface area (Å²) in [6.07, 6.45) is -0.0701. The maximum atomic E-state index is 11.8. The maximum absolute atomic E-state index is 11.8. The zero-order valence-corrected chi connectivity index (χ0v) is 14.3. The number of carbonyl (C=O) groups excluding carboxylic acids is 1. The summed E-state index contributed by atoms with van der Waals surface area (Å²) in [4.78, 5) is 22.3. The van der Waals surface area contributed by atoms with Gasteiger partial charge in [-0.3, -0.25) is 4.79 Å². The maximum Gasteiger partial charge on any atom is 0.341 e. The third-order valence-corrected chi connectivity index (χ3v) is 3.80. The Labute approximate surface area is 149 Å². The second-order valence-corrected chi connectivity index (χ2v) is 5.93. The number of carboxylic acids is 1. The van der Waals surface area contributed by atoms with Crippen LogP contribution >= 0.6 is 23.2 Å². The van der Waals surface area contributed by atoms with Crippen LogP contribution in [0.15, 0.2) is 36.4 Å². The number of rotatable bonds is 6. The van der Waals surface area contributed by atoms with Gasteiger partial charge in [-0.05, 0) is 30.7 Å². The number of carboxylic acid groups (broad SMARTS) is 1. The number of aryl methyl sites for hydroxylation is 1. The van der Waals surface area contributed by atoms with Crippen molar-refractivity contribution in [3.8, 4) is 0 Å². The summed E-state index contributed by atoms with van der Waals surface area (Å²) in [6, 6.07) is 10.6. The zero-order chi connectivity index (χ0) is 17.7. The van der Waals surface area contributed by atoms with Crippen molar-refractivity contribution in [2.45, 2.75) is 13.3 Å². The van der Waals surface area contributed by atoms with Crippen molar-refractivity contribution in [1.29, 1.82) is 0 Å². The van der Waals surface area contributed by atoms with Crippen molar-refractivity contribution in [2.24, 2.45) is 0 Å². The largest absolute Gasteiger partial charge is 0.479 e. The van der Waals surface area contributed by atoms with Crippen LogP contribution in [0.25, 0.3) is 0 Å². The first-order valence-electron chi connectivity index (χ1n) is 7.05. The first-order valence-corrected chi connectivity index (χ1v) is 7.80. The smallest absolute Gasteiger partial charge is 0.341 e. The van der Waals surface area contributed by atoms with E-state index in [4.69, 9.17) is 28.3 Å². The fraction of sp³-hybridized carbons (Fsp3) is 0.176. The zero-order valence-electron chi connectivity index (χ0n) is 12.8. The van der Waals surface area contributed by atoms with E-state index >= 15 is 0 Å². The molecule has 2 aromatic rings. The number of hydrogen-bond acceptors (Lipinski definition) is 4. The Hall–Kier alpha value is -2.24. The van der Waals surface area contributed by atoms with E-state index in [0.29, 0.717) is 27.0 Å². The molecule has 0 amide bonds. The number of esters is 1. The molecule has 0 heterocycles. The molecule has 0 aromatic heterocycles. The van der Waals surface area contributed by atoms with Gasteiger partial charge in [0, 0.05) is 5.69 Å². The molecule has 0 saturated heterocycles. The lowest BCUT2D eigenvalue weighted by Crippen LogP contribution is -2.15. The van der Waals surface area contributed by atoms with Gasteiger partial charge in [0.15, 0.2) is 6.61 Å². The summed E-state index contributed by atoms with van der Waals surface area (Å²) in [5, 5.41) is 12.6. The van der Waals surface area contributed by atoms with Gasteiger partial charge in [-0.1, -0.05) is 47.0 Å². The molecular formula is C17H15Cl2NO4. The third-order valence-electron chi connectivity index (χ3n) is 3.17. The molecule has 126 valence electrons. The minimum absolute atomic E-state index is 0.0701. The molecule has 0 fully saturated rings. The number of para-hydroxylation sites is 1. The Morgan fingerprint density at radius 2 is 1.83 bits per heavy atom. The number of anilines is 2. The Kier molecular flexibility index (Phi) is 6.06. The van der Waals surface area contributed by atoms with Gasteiger partial charge in [-0.25, -0.2) is 4.79 Å². The highest BCUT2D eigenvalue weighted by Gasteiger charge is 2.13. The van der Waals surface area contributed by atoms with Crippen molar-refractivity contribution in [2.75, 3.05) is 11.9 Å². The minimum Gasteiger partial charge on any atom is -0.479 e. The first-order chi connectivity index (χ1) is 11.4. The molecule has 24 heavy (non-hydrogen) atoms.